The summed E-state index contributed by atoms with van der Waals surface area (Å²) in [7, 11) is 0. The van der Waals surface area contributed by atoms with E-state index in [1.165, 1.54) is 0 Å². The van der Waals surface area contributed by atoms with Crippen LogP contribution in [0.5, 0.6) is 0 Å². The normalized spacial score (nSPS) is 12.8. The van der Waals surface area contributed by atoms with Gasteiger partial charge in [-0.1, -0.05) is 80.6 Å². The largest absolute Gasteiger partial charge is 0.455 e. The monoisotopic (exact) mass is 380 g/mol. The van der Waals surface area contributed by atoms with Crippen molar-refractivity contribution in [1.82, 2.24) is 0 Å². The fourth-order valence-electron chi connectivity index (χ4n) is 3.39. The summed E-state index contributed by atoms with van der Waals surface area (Å²) in [5.41, 5.74) is 5.64. The first kappa shape index (κ1) is 18.9. The molecule has 4 rings (SSSR count). The van der Waals surface area contributed by atoms with Crippen LogP contribution in [0.1, 0.15) is 31.9 Å². The van der Waals surface area contributed by atoms with E-state index in [2.05, 4.69) is 36.2 Å². The molecule has 0 saturated carbocycles. The van der Waals surface area contributed by atoms with Gasteiger partial charge in [-0.25, -0.2) is 4.99 Å². The van der Waals surface area contributed by atoms with Crippen molar-refractivity contribution in [2.45, 2.75) is 20.8 Å². The molecular weight excluding hydrogens is 356 g/mol. The van der Waals surface area contributed by atoms with E-state index in [0.29, 0.717) is 5.84 Å². The molecule has 4 aromatic rings. The maximum absolute atomic E-state index is 8.24. The van der Waals surface area contributed by atoms with Crippen LogP contribution in [0.25, 0.3) is 27.5 Å². The molecular formula is C26H24N2O. The zero-order valence-electron chi connectivity index (χ0n) is 16.9. The van der Waals surface area contributed by atoms with E-state index in [-0.39, 0.29) is 5.92 Å². The van der Waals surface area contributed by atoms with Crippen molar-refractivity contribution in [3.8, 4) is 0 Å². The molecule has 3 aromatic carbocycles. The average Bonchev–Trinajstić information content (AvgIpc) is 3.12. The third kappa shape index (κ3) is 3.77. The Labute approximate surface area is 170 Å². The van der Waals surface area contributed by atoms with Crippen molar-refractivity contribution in [3.05, 3.63) is 90.0 Å². The van der Waals surface area contributed by atoms with Crippen molar-refractivity contribution in [3.63, 3.8) is 0 Å². The molecule has 0 aliphatic heterocycles. The van der Waals surface area contributed by atoms with E-state index < -0.39 is 0 Å². The number of amidine groups is 1. The van der Waals surface area contributed by atoms with Crippen LogP contribution in [0.3, 0.4) is 0 Å². The van der Waals surface area contributed by atoms with Gasteiger partial charge in [-0.3, -0.25) is 5.41 Å². The molecule has 0 amide bonds. The first-order chi connectivity index (χ1) is 14.0. The van der Waals surface area contributed by atoms with Crippen molar-refractivity contribution < 1.29 is 4.42 Å². The predicted octanol–water partition coefficient (Wildman–Crippen LogP) is 7.11. The van der Waals surface area contributed by atoms with Crippen LogP contribution in [-0.4, -0.2) is 11.5 Å². The highest BCUT2D eigenvalue weighted by Crippen LogP contribution is 2.33. The van der Waals surface area contributed by atoms with Gasteiger partial charge in [0, 0.05) is 27.8 Å². The van der Waals surface area contributed by atoms with Gasteiger partial charge < -0.3 is 4.42 Å². The summed E-state index contributed by atoms with van der Waals surface area (Å²) in [6.45, 7) is 6.04. The molecule has 144 valence electrons. The second kappa shape index (κ2) is 7.88. The Hall–Kier alpha value is -3.46. The van der Waals surface area contributed by atoms with Crippen molar-refractivity contribution in [2.24, 2.45) is 10.9 Å². The fraction of sp³-hybridized carbons (Fsp3) is 0.154. The molecule has 0 atom stereocenters. The van der Waals surface area contributed by atoms with E-state index in [0.717, 1.165) is 44.4 Å². The molecule has 0 bridgehead atoms. The van der Waals surface area contributed by atoms with Crippen LogP contribution >= 0.6 is 0 Å². The number of benzene rings is 3. The SMILES string of the molecule is C/C(=C\C(=NC(=N)C(C)C)c1ccccc1)c1cccc2c1oc1ccccc12. The number of aliphatic imine (C=N–C) groups is 1. The number of allylic oxidation sites excluding steroid dienone is 2. The number of hydrogen-bond donors (Lipinski definition) is 1. The molecule has 0 aliphatic rings. The van der Waals surface area contributed by atoms with Crippen LogP contribution in [0, 0.1) is 11.3 Å². The molecule has 0 radical (unpaired) electrons. The number of furan rings is 1. The lowest BCUT2D eigenvalue weighted by molar-refractivity contribution is 0.667. The lowest BCUT2D eigenvalue weighted by Crippen LogP contribution is -2.08. The van der Waals surface area contributed by atoms with Crippen molar-refractivity contribution in [1.29, 1.82) is 5.41 Å². The zero-order chi connectivity index (χ0) is 20.4. The second-order valence-electron chi connectivity index (χ2n) is 7.51. The smallest absolute Gasteiger partial charge is 0.142 e. The highest BCUT2D eigenvalue weighted by Gasteiger charge is 2.13. The molecule has 29 heavy (non-hydrogen) atoms. The van der Waals surface area contributed by atoms with Gasteiger partial charge >= 0.3 is 0 Å². The maximum atomic E-state index is 8.24. The zero-order valence-corrected chi connectivity index (χ0v) is 16.9. The van der Waals surface area contributed by atoms with Crippen molar-refractivity contribution in [2.75, 3.05) is 0 Å². The highest BCUT2D eigenvalue weighted by atomic mass is 16.3. The van der Waals surface area contributed by atoms with Crippen LogP contribution in [0.15, 0.2) is 88.3 Å². The molecule has 0 spiro atoms. The summed E-state index contributed by atoms with van der Waals surface area (Å²) in [5.74, 6) is 0.441. The number of rotatable bonds is 4. The standard InChI is InChI=1S/C26H24N2O/c1-17(2)26(27)28-23(19-10-5-4-6-11-19)16-18(3)20-13-9-14-22-21-12-7-8-15-24(21)29-25(20)22/h4-17,27H,1-3H3/b18-16+,27-26?,28-23?. The predicted molar refractivity (Wildman–Crippen MR) is 123 cm³/mol. The van der Waals surface area contributed by atoms with E-state index >= 15 is 0 Å². The lowest BCUT2D eigenvalue weighted by Gasteiger charge is -2.08. The van der Waals surface area contributed by atoms with Gasteiger partial charge in [0.05, 0.1) is 5.71 Å². The van der Waals surface area contributed by atoms with E-state index in [1.807, 2.05) is 68.5 Å². The number of fused-ring (bicyclic) bond motifs is 3. The average molecular weight is 380 g/mol. The quantitative estimate of drug-likeness (QED) is 0.297. The molecule has 1 N–H and O–H groups in total. The van der Waals surface area contributed by atoms with Gasteiger partial charge in [0.15, 0.2) is 0 Å². The summed E-state index contributed by atoms with van der Waals surface area (Å²) in [4.78, 5) is 4.63. The minimum Gasteiger partial charge on any atom is -0.455 e. The van der Waals surface area contributed by atoms with E-state index in [9.17, 15) is 0 Å². The van der Waals surface area contributed by atoms with Gasteiger partial charge in [-0.15, -0.1) is 0 Å². The maximum Gasteiger partial charge on any atom is 0.142 e. The Kier molecular flexibility index (Phi) is 5.13. The Morgan fingerprint density at radius 1 is 0.897 bits per heavy atom. The summed E-state index contributed by atoms with van der Waals surface area (Å²) in [6, 6.07) is 24.4. The molecule has 3 nitrogen and oxygen atoms in total. The van der Waals surface area contributed by atoms with Gasteiger partial charge in [-0.2, -0.15) is 0 Å². The van der Waals surface area contributed by atoms with Crippen LogP contribution in [0.2, 0.25) is 0 Å². The second-order valence-corrected chi connectivity index (χ2v) is 7.51. The van der Waals surface area contributed by atoms with Gasteiger partial charge in [0.1, 0.15) is 17.0 Å². The molecule has 0 unspecified atom stereocenters. The first-order valence-electron chi connectivity index (χ1n) is 9.86. The molecule has 0 saturated heterocycles. The van der Waals surface area contributed by atoms with Gasteiger partial charge in [-0.05, 0) is 24.6 Å². The number of para-hydroxylation sites is 2. The molecule has 1 heterocycles. The summed E-state index contributed by atoms with van der Waals surface area (Å²) in [6.07, 6.45) is 2.05. The molecule has 0 fully saturated rings. The number of hydrogen-bond acceptors (Lipinski definition) is 2. The molecule has 1 aromatic heterocycles. The van der Waals surface area contributed by atoms with E-state index in [4.69, 9.17) is 9.83 Å². The van der Waals surface area contributed by atoms with Gasteiger partial charge in [0.25, 0.3) is 0 Å². The van der Waals surface area contributed by atoms with Crippen molar-refractivity contribution >= 4 is 39.1 Å². The van der Waals surface area contributed by atoms with E-state index in [1.54, 1.807) is 0 Å². The Bertz CT molecular complexity index is 1240. The summed E-state index contributed by atoms with van der Waals surface area (Å²) < 4.78 is 6.19. The third-order valence-electron chi connectivity index (χ3n) is 5.04. The fourth-order valence-corrected chi connectivity index (χ4v) is 3.39. The summed E-state index contributed by atoms with van der Waals surface area (Å²) >= 11 is 0. The lowest BCUT2D eigenvalue weighted by atomic mass is 10.00. The van der Waals surface area contributed by atoms with Crippen LogP contribution < -0.4 is 0 Å². The molecule has 3 heteroatoms. The third-order valence-corrected chi connectivity index (χ3v) is 5.04. The summed E-state index contributed by atoms with van der Waals surface area (Å²) in [5, 5.41) is 10.5. The highest BCUT2D eigenvalue weighted by molar-refractivity contribution is 6.17. The Morgan fingerprint density at radius 3 is 2.34 bits per heavy atom. The number of nitrogens with zero attached hydrogens (tertiary/aromatic N) is 1. The Morgan fingerprint density at radius 2 is 1.59 bits per heavy atom. The van der Waals surface area contributed by atoms with Gasteiger partial charge in [0.2, 0.25) is 0 Å². The first-order valence-corrected chi connectivity index (χ1v) is 9.86. The minimum absolute atomic E-state index is 0.0706. The minimum atomic E-state index is 0.0706. The van der Waals surface area contributed by atoms with Crippen LogP contribution in [-0.2, 0) is 0 Å². The Balaban J connectivity index is 1.86. The number of nitrogens with one attached hydrogen (secondary N) is 1. The topological polar surface area (TPSA) is 49.4 Å². The molecule has 0 aliphatic carbocycles. The van der Waals surface area contributed by atoms with Crippen LogP contribution in [0.4, 0.5) is 0 Å².